The minimum Gasteiger partial charge on any atom is -0.481 e. The molecule has 0 bridgehead atoms. The average Bonchev–Trinajstić information content (AvgIpc) is 2.59. The SMILES string of the molecule is CC(C(=O)O)c1ccn2cnc(Br)c2c1. The highest BCUT2D eigenvalue weighted by Gasteiger charge is 2.14. The number of nitrogens with zero attached hydrogens (tertiary/aromatic N) is 2. The van der Waals surface area contributed by atoms with Crippen molar-refractivity contribution in [3.63, 3.8) is 0 Å². The fraction of sp³-hybridized carbons (Fsp3) is 0.200. The second-order valence-corrected chi connectivity index (χ2v) is 4.10. The molecule has 0 spiro atoms. The van der Waals surface area contributed by atoms with Gasteiger partial charge in [0.25, 0.3) is 0 Å². The topological polar surface area (TPSA) is 54.6 Å². The molecule has 15 heavy (non-hydrogen) atoms. The second-order valence-electron chi connectivity index (χ2n) is 3.35. The van der Waals surface area contributed by atoms with Crippen LogP contribution in [0, 0.1) is 0 Å². The van der Waals surface area contributed by atoms with Crippen molar-refractivity contribution < 1.29 is 9.90 Å². The molecule has 2 aromatic rings. The number of aromatic nitrogens is 2. The number of pyridine rings is 1. The molecular formula is C10H9BrN2O2. The highest BCUT2D eigenvalue weighted by Crippen LogP contribution is 2.21. The van der Waals surface area contributed by atoms with E-state index in [-0.39, 0.29) is 0 Å². The van der Waals surface area contributed by atoms with Crippen molar-refractivity contribution in [2.75, 3.05) is 0 Å². The molecule has 0 radical (unpaired) electrons. The molecule has 0 saturated heterocycles. The van der Waals surface area contributed by atoms with Crippen molar-refractivity contribution in [1.29, 1.82) is 0 Å². The number of carboxylic acid groups (broad SMARTS) is 1. The van der Waals surface area contributed by atoms with Crippen LogP contribution in [-0.4, -0.2) is 20.5 Å². The molecule has 2 heterocycles. The van der Waals surface area contributed by atoms with Crippen LogP contribution in [0.3, 0.4) is 0 Å². The summed E-state index contributed by atoms with van der Waals surface area (Å²) in [5, 5.41) is 8.89. The van der Waals surface area contributed by atoms with Gasteiger partial charge in [-0.1, -0.05) is 0 Å². The van der Waals surface area contributed by atoms with Crippen LogP contribution in [0.1, 0.15) is 18.4 Å². The van der Waals surface area contributed by atoms with E-state index in [2.05, 4.69) is 20.9 Å². The number of hydrogen-bond donors (Lipinski definition) is 1. The molecule has 0 saturated carbocycles. The van der Waals surface area contributed by atoms with E-state index in [9.17, 15) is 4.79 Å². The molecule has 0 amide bonds. The fourth-order valence-corrected chi connectivity index (χ4v) is 1.80. The van der Waals surface area contributed by atoms with Gasteiger partial charge in [0.2, 0.25) is 0 Å². The summed E-state index contributed by atoms with van der Waals surface area (Å²) in [6, 6.07) is 3.62. The molecule has 1 atom stereocenters. The Balaban J connectivity index is 2.54. The number of hydrogen-bond acceptors (Lipinski definition) is 2. The van der Waals surface area contributed by atoms with Crippen LogP contribution >= 0.6 is 15.9 Å². The normalized spacial score (nSPS) is 12.9. The first kappa shape index (κ1) is 10.2. The highest BCUT2D eigenvalue weighted by atomic mass is 79.9. The van der Waals surface area contributed by atoms with Gasteiger partial charge >= 0.3 is 5.97 Å². The van der Waals surface area contributed by atoms with E-state index in [1.807, 2.05) is 16.7 Å². The Labute approximate surface area is 94.7 Å². The lowest BCUT2D eigenvalue weighted by molar-refractivity contribution is -0.138. The summed E-state index contributed by atoms with van der Waals surface area (Å²) in [4.78, 5) is 14.9. The highest BCUT2D eigenvalue weighted by molar-refractivity contribution is 9.10. The van der Waals surface area contributed by atoms with Gasteiger partial charge in [0.05, 0.1) is 11.4 Å². The molecule has 1 unspecified atom stereocenters. The van der Waals surface area contributed by atoms with E-state index in [1.54, 1.807) is 19.3 Å². The van der Waals surface area contributed by atoms with Crippen molar-refractivity contribution in [1.82, 2.24) is 9.38 Å². The summed E-state index contributed by atoms with van der Waals surface area (Å²) in [7, 11) is 0. The third-order valence-corrected chi connectivity index (χ3v) is 3.00. The Morgan fingerprint density at radius 3 is 3.07 bits per heavy atom. The number of carboxylic acids is 1. The molecule has 78 valence electrons. The largest absolute Gasteiger partial charge is 0.481 e. The van der Waals surface area contributed by atoms with Gasteiger partial charge < -0.3 is 9.51 Å². The zero-order valence-corrected chi connectivity index (χ0v) is 9.60. The van der Waals surface area contributed by atoms with E-state index in [1.165, 1.54) is 0 Å². The standard InChI is InChI=1S/C10H9BrN2O2/c1-6(10(14)15)7-2-3-13-5-12-9(11)8(13)4-7/h2-6H,1H3,(H,14,15). The van der Waals surface area contributed by atoms with Crippen molar-refractivity contribution in [3.8, 4) is 0 Å². The van der Waals surface area contributed by atoms with Crippen molar-refractivity contribution >= 4 is 27.4 Å². The second kappa shape index (κ2) is 3.66. The first-order chi connectivity index (χ1) is 7.09. The molecule has 0 aromatic carbocycles. The van der Waals surface area contributed by atoms with Gasteiger partial charge in [0.1, 0.15) is 10.9 Å². The van der Waals surface area contributed by atoms with Gasteiger partial charge in [0.15, 0.2) is 0 Å². The van der Waals surface area contributed by atoms with E-state index >= 15 is 0 Å². The summed E-state index contributed by atoms with van der Waals surface area (Å²) < 4.78 is 2.56. The lowest BCUT2D eigenvalue weighted by Crippen LogP contribution is -2.07. The van der Waals surface area contributed by atoms with E-state index in [0.29, 0.717) is 0 Å². The number of imidazole rings is 1. The predicted octanol–water partition coefficient (Wildman–Crippen LogP) is 2.28. The number of carbonyl (C=O) groups is 1. The molecule has 5 heteroatoms. The molecule has 0 aliphatic carbocycles. The Morgan fingerprint density at radius 2 is 2.40 bits per heavy atom. The first-order valence-electron chi connectivity index (χ1n) is 4.44. The van der Waals surface area contributed by atoms with Crippen molar-refractivity contribution in [3.05, 3.63) is 34.8 Å². The van der Waals surface area contributed by atoms with Gasteiger partial charge in [-0.25, -0.2) is 4.98 Å². The lowest BCUT2D eigenvalue weighted by Gasteiger charge is -2.06. The molecular weight excluding hydrogens is 260 g/mol. The summed E-state index contributed by atoms with van der Waals surface area (Å²) in [6.45, 7) is 1.67. The van der Waals surface area contributed by atoms with Crippen LogP contribution in [-0.2, 0) is 4.79 Å². The molecule has 0 aliphatic heterocycles. The first-order valence-corrected chi connectivity index (χ1v) is 5.24. The molecule has 4 nitrogen and oxygen atoms in total. The Morgan fingerprint density at radius 1 is 1.67 bits per heavy atom. The van der Waals surface area contributed by atoms with Crippen LogP contribution in [0.2, 0.25) is 0 Å². The molecule has 1 N–H and O–H groups in total. The van der Waals surface area contributed by atoms with Gasteiger partial charge in [-0.15, -0.1) is 0 Å². The van der Waals surface area contributed by atoms with E-state index in [0.717, 1.165) is 15.7 Å². The number of halogens is 1. The van der Waals surface area contributed by atoms with Crippen LogP contribution in [0.5, 0.6) is 0 Å². The smallest absolute Gasteiger partial charge is 0.310 e. The number of fused-ring (bicyclic) bond motifs is 1. The van der Waals surface area contributed by atoms with E-state index < -0.39 is 11.9 Å². The van der Waals surface area contributed by atoms with Crippen LogP contribution in [0.25, 0.3) is 5.52 Å². The monoisotopic (exact) mass is 268 g/mol. The third kappa shape index (κ3) is 1.74. The average molecular weight is 269 g/mol. The quantitative estimate of drug-likeness (QED) is 0.909. The maximum atomic E-state index is 10.8. The van der Waals surface area contributed by atoms with Crippen molar-refractivity contribution in [2.45, 2.75) is 12.8 Å². The molecule has 0 aliphatic rings. The third-order valence-electron chi connectivity index (χ3n) is 2.39. The molecule has 2 rings (SSSR count). The maximum absolute atomic E-state index is 10.8. The van der Waals surface area contributed by atoms with Crippen LogP contribution in [0.4, 0.5) is 0 Å². The van der Waals surface area contributed by atoms with Crippen LogP contribution in [0.15, 0.2) is 29.3 Å². The molecule has 2 aromatic heterocycles. The Kier molecular flexibility index (Phi) is 2.48. The van der Waals surface area contributed by atoms with Crippen molar-refractivity contribution in [2.24, 2.45) is 0 Å². The van der Waals surface area contributed by atoms with Gasteiger partial charge in [-0.2, -0.15) is 0 Å². The predicted molar refractivity (Wildman–Crippen MR) is 58.9 cm³/mol. The fourth-order valence-electron chi connectivity index (χ4n) is 1.38. The van der Waals surface area contributed by atoms with Gasteiger partial charge in [-0.05, 0) is 40.5 Å². The van der Waals surface area contributed by atoms with E-state index in [4.69, 9.17) is 5.11 Å². The molecule has 0 fully saturated rings. The minimum absolute atomic E-state index is 0.503. The van der Waals surface area contributed by atoms with Gasteiger partial charge in [-0.3, -0.25) is 4.79 Å². The minimum atomic E-state index is -0.824. The Bertz CT molecular complexity index is 521. The van der Waals surface area contributed by atoms with Gasteiger partial charge in [0, 0.05) is 6.20 Å². The number of aliphatic carboxylic acids is 1. The summed E-state index contributed by atoms with van der Waals surface area (Å²) >= 11 is 3.31. The number of rotatable bonds is 2. The summed E-state index contributed by atoms with van der Waals surface area (Å²) in [6.07, 6.45) is 3.48. The Hall–Kier alpha value is -1.36. The summed E-state index contributed by atoms with van der Waals surface area (Å²) in [5.74, 6) is -1.33. The zero-order chi connectivity index (χ0) is 11.0. The zero-order valence-electron chi connectivity index (χ0n) is 8.01. The summed E-state index contributed by atoms with van der Waals surface area (Å²) in [5.41, 5.74) is 1.65. The maximum Gasteiger partial charge on any atom is 0.310 e. The lowest BCUT2D eigenvalue weighted by atomic mass is 10.0. The van der Waals surface area contributed by atoms with Crippen LogP contribution < -0.4 is 0 Å².